The van der Waals surface area contributed by atoms with Crippen LogP contribution in [-0.2, 0) is 4.79 Å². The van der Waals surface area contributed by atoms with Crippen LogP contribution in [0.3, 0.4) is 0 Å². The van der Waals surface area contributed by atoms with Crippen LogP contribution in [0.25, 0.3) is 0 Å². The summed E-state index contributed by atoms with van der Waals surface area (Å²) in [7, 11) is 0. The molecule has 0 rings (SSSR count). The number of hydrogen-bond acceptors (Lipinski definition) is 3. The van der Waals surface area contributed by atoms with Crippen LogP contribution in [0, 0.1) is 0 Å². The summed E-state index contributed by atoms with van der Waals surface area (Å²) < 4.78 is 0. The molecule has 4 nitrogen and oxygen atoms in total. The Morgan fingerprint density at radius 3 is 0.917 bits per heavy atom. The normalized spacial score (nSPS) is 13.0. The molecular weight excluding hydrogens is 879 g/mol. The van der Waals surface area contributed by atoms with E-state index in [1.807, 2.05) is 0 Å². The number of nitrogens with one attached hydrogen (secondary N) is 1. The zero-order chi connectivity index (χ0) is 52.0. The maximum Gasteiger partial charge on any atom is 0.220 e. The minimum atomic E-state index is -0.662. The summed E-state index contributed by atoms with van der Waals surface area (Å²) in [6, 6.07) is -0.538. The van der Waals surface area contributed by atoms with Crippen molar-refractivity contribution in [2.45, 2.75) is 373 Å². The molecular formula is C68H129NO3. The molecule has 72 heavy (non-hydrogen) atoms. The Morgan fingerprint density at radius 2 is 0.611 bits per heavy atom. The van der Waals surface area contributed by atoms with Gasteiger partial charge in [0.05, 0.1) is 18.8 Å². The third-order valence-electron chi connectivity index (χ3n) is 15.4. The second-order valence-corrected chi connectivity index (χ2v) is 22.5. The third-order valence-corrected chi connectivity index (χ3v) is 15.4. The van der Waals surface area contributed by atoms with Crippen molar-refractivity contribution < 1.29 is 15.0 Å². The van der Waals surface area contributed by atoms with Crippen LogP contribution < -0.4 is 5.32 Å². The van der Waals surface area contributed by atoms with Crippen molar-refractivity contribution in [2.75, 3.05) is 6.61 Å². The van der Waals surface area contributed by atoms with Gasteiger partial charge in [0, 0.05) is 6.42 Å². The van der Waals surface area contributed by atoms with Crippen molar-refractivity contribution in [3.8, 4) is 0 Å². The van der Waals surface area contributed by atoms with Crippen molar-refractivity contribution in [2.24, 2.45) is 0 Å². The molecule has 0 aliphatic heterocycles. The molecule has 0 aliphatic rings. The van der Waals surface area contributed by atoms with E-state index in [1.165, 1.54) is 283 Å². The van der Waals surface area contributed by atoms with E-state index in [-0.39, 0.29) is 12.5 Å². The molecule has 4 heteroatoms. The molecule has 0 spiro atoms. The predicted octanol–water partition coefficient (Wildman–Crippen LogP) is 22.2. The van der Waals surface area contributed by atoms with Gasteiger partial charge in [0.2, 0.25) is 5.91 Å². The highest BCUT2D eigenvalue weighted by atomic mass is 16.3. The number of unbranched alkanes of at least 4 members (excludes halogenated alkanes) is 46. The Hall–Kier alpha value is -1.65. The van der Waals surface area contributed by atoms with E-state index >= 15 is 0 Å². The lowest BCUT2D eigenvalue weighted by atomic mass is 10.0. The second-order valence-electron chi connectivity index (χ2n) is 22.5. The highest BCUT2D eigenvalue weighted by Crippen LogP contribution is 2.19. The smallest absolute Gasteiger partial charge is 0.220 e. The number of carbonyl (C=O) groups excluding carboxylic acids is 1. The summed E-state index contributed by atoms with van der Waals surface area (Å²) >= 11 is 0. The summed E-state index contributed by atoms with van der Waals surface area (Å²) in [6.07, 6.45) is 88.6. The number of rotatable bonds is 61. The summed E-state index contributed by atoms with van der Waals surface area (Å²) in [4.78, 5) is 12.5. The lowest BCUT2D eigenvalue weighted by Crippen LogP contribution is -2.45. The highest BCUT2D eigenvalue weighted by molar-refractivity contribution is 5.76. The monoisotopic (exact) mass is 1010 g/mol. The van der Waals surface area contributed by atoms with Gasteiger partial charge in [-0.25, -0.2) is 0 Å². The minimum absolute atomic E-state index is 0.0262. The Kier molecular flexibility index (Phi) is 62.2. The quantitative estimate of drug-likeness (QED) is 0.0420. The lowest BCUT2D eigenvalue weighted by Gasteiger charge is -2.22. The van der Waals surface area contributed by atoms with Gasteiger partial charge < -0.3 is 15.5 Å². The molecule has 0 bridgehead atoms. The molecule has 3 N–H and O–H groups in total. The van der Waals surface area contributed by atoms with Crippen LogP contribution >= 0.6 is 0 Å². The number of amides is 1. The Bertz CT molecular complexity index is 1140. The first kappa shape index (κ1) is 70.3. The Morgan fingerprint density at radius 1 is 0.347 bits per heavy atom. The van der Waals surface area contributed by atoms with Gasteiger partial charge in [0.15, 0.2) is 0 Å². The fourth-order valence-corrected chi connectivity index (χ4v) is 10.4. The second kappa shape index (κ2) is 63.6. The van der Waals surface area contributed by atoms with E-state index in [4.69, 9.17) is 0 Å². The van der Waals surface area contributed by atoms with E-state index < -0.39 is 12.1 Å². The Balaban J connectivity index is 3.41. The molecule has 0 radical (unpaired) electrons. The first-order chi connectivity index (χ1) is 35.7. The average molecular weight is 1010 g/mol. The fraction of sp³-hybridized carbons (Fsp3) is 0.868. The van der Waals surface area contributed by atoms with Gasteiger partial charge in [-0.05, 0) is 51.4 Å². The number of hydrogen-bond donors (Lipinski definition) is 3. The minimum Gasteiger partial charge on any atom is -0.394 e. The van der Waals surface area contributed by atoms with Crippen LogP contribution in [0.2, 0.25) is 0 Å². The van der Waals surface area contributed by atoms with Crippen LogP contribution in [0.4, 0.5) is 0 Å². The van der Waals surface area contributed by atoms with E-state index in [1.54, 1.807) is 0 Å². The Labute approximate surface area is 452 Å². The number of aliphatic hydroxyl groups is 2. The highest BCUT2D eigenvalue weighted by Gasteiger charge is 2.20. The molecule has 0 aliphatic carbocycles. The predicted molar refractivity (Wildman–Crippen MR) is 322 cm³/mol. The van der Waals surface area contributed by atoms with Crippen molar-refractivity contribution in [1.82, 2.24) is 5.32 Å². The SMILES string of the molecule is CC/C=C\C/C=C\C/C=C\C/C=C\CCCCCCCCCCCCCCCCCCC(=O)NC(CO)C(O)CCCCCCCCCCCCCCCCCCCCCCCCCCCCCCCCC. The fourth-order valence-electron chi connectivity index (χ4n) is 10.4. The number of aliphatic hydroxyl groups excluding tert-OH is 2. The molecule has 0 saturated heterocycles. The topological polar surface area (TPSA) is 69.6 Å². The maximum absolute atomic E-state index is 12.5. The van der Waals surface area contributed by atoms with Crippen molar-refractivity contribution >= 4 is 5.91 Å². The maximum atomic E-state index is 12.5. The molecule has 2 unspecified atom stereocenters. The van der Waals surface area contributed by atoms with E-state index in [0.717, 1.165) is 51.4 Å². The van der Waals surface area contributed by atoms with E-state index in [2.05, 4.69) is 67.8 Å². The largest absolute Gasteiger partial charge is 0.394 e. The summed E-state index contributed by atoms with van der Waals surface area (Å²) in [5.74, 6) is -0.0262. The van der Waals surface area contributed by atoms with Crippen LogP contribution in [0.15, 0.2) is 48.6 Å². The van der Waals surface area contributed by atoms with Crippen LogP contribution in [0.1, 0.15) is 361 Å². The van der Waals surface area contributed by atoms with Crippen LogP contribution in [-0.4, -0.2) is 34.9 Å². The molecule has 0 aromatic rings. The van der Waals surface area contributed by atoms with Gasteiger partial charge in [-0.2, -0.15) is 0 Å². The lowest BCUT2D eigenvalue weighted by molar-refractivity contribution is -0.123. The van der Waals surface area contributed by atoms with Crippen molar-refractivity contribution in [3.63, 3.8) is 0 Å². The van der Waals surface area contributed by atoms with Gasteiger partial charge in [0.1, 0.15) is 0 Å². The zero-order valence-corrected chi connectivity index (χ0v) is 49.0. The standard InChI is InChI=1S/C68H129NO3/c1-3-5-7-9-11-13-15-17-19-21-23-25-27-29-31-33-34-36-37-39-41-43-45-47-49-51-53-55-57-59-61-63-67(71)66(65-70)69-68(72)64-62-60-58-56-54-52-50-48-46-44-42-40-38-35-32-30-28-26-24-22-20-18-16-14-12-10-8-6-4-2/h6,8,12,14,18,20,24,26,66-67,70-71H,3-5,7,9-11,13,15-17,19,21-23,25,27-65H2,1-2H3,(H,69,72)/b8-6-,14-12-,20-18-,26-24-. The molecule has 1 amide bonds. The molecule has 2 atom stereocenters. The number of carbonyl (C=O) groups is 1. The molecule has 0 aromatic heterocycles. The summed E-state index contributed by atoms with van der Waals surface area (Å²) in [5.41, 5.74) is 0. The molecule has 424 valence electrons. The summed E-state index contributed by atoms with van der Waals surface area (Å²) in [5, 5.41) is 23.4. The zero-order valence-electron chi connectivity index (χ0n) is 49.0. The molecule has 0 aromatic carbocycles. The summed E-state index contributed by atoms with van der Waals surface area (Å²) in [6.45, 7) is 4.29. The van der Waals surface area contributed by atoms with Gasteiger partial charge in [0.25, 0.3) is 0 Å². The van der Waals surface area contributed by atoms with E-state index in [9.17, 15) is 15.0 Å². The van der Waals surface area contributed by atoms with Gasteiger partial charge in [-0.1, -0.05) is 351 Å². The van der Waals surface area contributed by atoms with Gasteiger partial charge in [-0.3, -0.25) is 4.79 Å². The third kappa shape index (κ3) is 59.2. The first-order valence-corrected chi connectivity index (χ1v) is 32.8. The van der Waals surface area contributed by atoms with E-state index in [0.29, 0.717) is 12.8 Å². The van der Waals surface area contributed by atoms with Crippen molar-refractivity contribution in [3.05, 3.63) is 48.6 Å². The number of allylic oxidation sites excluding steroid dienone is 8. The average Bonchev–Trinajstić information content (AvgIpc) is 3.39. The van der Waals surface area contributed by atoms with Gasteiger partial charge >= 0.3 is 0 Å². The van der Waals surface area contributed by atoms with Crippen LogP contribution in [0.5, 0.6) is 0 Å². The first-order valence-electron chi connectivity index (χ1n) is 32.8. The molecule has 0 fully saturated rings. The van der Waals surface area contributed by atoms with Gasteiger partial charge in [-0.15, -0.1) is 0 Å². The van der Waals surface area contributed by atoms with Crippen molar-refractivity contribution in [1.29, 1.82) is 0 Å². The molecule has 0 saturated carbocycles. The molecule has 0 heterocycles.